The molecule has 3 N–H and O–H groups in total. The first kappa shape index (κ1) is 13.5. The van der Waals surface area contributed by atoms with Gasteiger partial charge in [0.1, 0.15) is 10.8 Å². The number of amides is 1. The van der Waals surface area contributed by atoms with Crippen LogP contribution in [0, 0.1) is 23.6 Å². The van der Waals surface area contributed by atoms with Gasteiger partial charge in [0.05, 0.1) is 5.69 Å². The molecule has 20 heavy (non-hydrogen) atoms. The summed E-state index contributed by atoms with van der Waals surface area (Å²) in [6.07, 6.45) is 4.74. The Morgan fingerprint density at radius 2 is 1.95 bits per heavy atom. The van der Waals surface area contributed by atoms with Crippen LogP contribution in [0.2, 0.25) is 0 Å². The maximum atomic E-state index is 13.2. The van der Waals surface area contributed by atoms with Crippen LogP contribution in [-0.4, -0.2) is 10.9 Å². The minimum Gasteiger partial charge on any atom is -0.389 e. The maximum absolute atomic E-state index is 13.2. The fourth-order valence-electron chi connectivity index (χ4n) is 3.43. The Balaban J connectivity index is 1.75. The number of hydrogen-bond donors (Lipinski definition) is 2. The van der Waals surface area contributed by atoms with Crippen LogP contribution in [0.1, 0.15) is 31.2 Å². The van der Waals surface area contributed by atoms with Gasteiger partial charge in [0.15, 0.2) is 0 Å². The van der Waals surface area contributed by atoms with E-state index >= 15 is 0 Å². The highest BCUT2D eigenvalue weighted by Gasteiger charge is 2.54. The van der Waals surface area contributed by atoms with Gasteiger partial charge in [-0.05, 0) is 42.9 Å². The molecule has 106 valence electrons. The molecule has 2 aliphatic rings. The van der Waals surface area contributed by atoms with Crippen LogP contribution in [0.15, 0.2) is 18.2 Å². The van der Waals surface area contributed by atoms with Gasteiger partial charge in [-0.2, -0.15) is 0 Å². The van der Waals surface area contributed by atoms with E-state index in [1.165, 1.54) is 31.0 Å². The Kier molecular flexibility index (Phi) is 3.46. The molecule has 5 heteroatoms. The smallest absolute Gasteiger partial charge is 0.228 e. The van der Waals surface area contributed by atoms with Crippen molar-refractivity contribution in [1.82, 2.24) is 0 Å². The van der Waals surface area contributed by atoms with E-state index in [1.54, 1.807) is 0 Å². The molecule has 0 saturated heterocycles. The van der Waals surface area contributed by atoms with Crippen LogP contribution < -0.4 is 11.1 Å². The molecule has 0 bridgehead atoms. The predicted molar refractivity (Wildman–Crippen MR) is 79.9 cm³/mol. The lowest BCUT2D eigenvalue weighted by Gasteiger charge is -2.10. The summed E-state index contributed by atoms with van der Waals surface area (Å²) in [5.74, 6) is 0.800. The molecule has 0 spiro atoms. The van der Waals surface area contributed by atoms with Crippen molar-refractivity contribution in [2.75, 3.05) is 5.32 Å². The fourth-order valence-corrected chi connectivity index (χ4v) is 3.60. The third-order valence-corrected chi connectivity index (χ3v) is 4.68. The van der Waals surface area contributed by atoms with Crippen LogP contribution in [0.3, 0.4) is 0 Å². The molecule has 2 fully saturated rings. The monoisotopic (exact) mass is 292 g/mol. The van der Waals surface area contributed by atoms with Crippen molar-refractivity contribution < 1.29 is 9.18 Å². The zero-order valence-corrected chi connectivity index (χ0v) is 11.9. The number of nitrogens with one attached hydrogen (secondary N) is 1. The molecule has 1 amide bonds. The molecule has 0 heterocycles. The third-order valence-electron chi connectivity index (χ3n) is 4.46. The average Bonchev–Trinajstić information content (AvgIpc) is 3.15. The molecule has 2 atom stereocenters. The lowest BCUT2D eigenvalue weighted by molar-refractivity contribution is -0.117. The second-order valence-electron chi connectivity index (χ2n) is 5.68. The van der Waals surface area contributed by atoms with Crippen LogP contribution >= 0.6 is 12.2 Å². The minimum absolute atomic E-state index is 0.0195. The van der Waals surface area contributed by atoms with Crippen LogP contribution in [-0.2, 0) is 4.79 Å². The van der Waals surface area contributed by atoms with Gasteiger partial charge in [0.2, 0.25) is 5.91 Å². The summed E-state index contributed by atoms with van der Waals surface area (Å²) in [5.41, 5.74) is 6.47. The highest BCUT2D eigenvalue weighted by atomic mass is 32.1. The lowest BCUT2D eigenvalue weighted by Crippen LogP contribution is -2.20. The second-order valence-corrected chi connectivity index (χ2v) is 6.12. The van der Waals surface area contributed by atoms with E-state index in [-0.39, 0.29) is 16.8 Å². The number of carbonyl (C=O) groups excluding carboxylic acids is 1. The number of rotatable bonds is 3. The van der Waals surface area contributed by atoms with E-state index < -0.39 is 5.82 Å². The Morgan fingerprint density at radius 1 is 1.30 bits per heavy atom. The molecule has 3 nitrogen and oxygen atoms in total. The number of anilines is 1. The predicted octanol–water partition coefficient (Wildman–Crippen LogP) is 2.83. The van der Waals surface area contributed by atoms with Crippen molar-refractivity contribution in [3.63, 3.8) is 0 Å². The topological polar surface area (TPSA) is 55.1 Å². The van der Waals surface area contributed by atoms with E-state index in [1.807, 2.05) is 0 Å². The summed E-state index contributed by atoms with van der Waals surface area (Å²) in [6, 6.07) is 4.09. The number of benzene rings is 1. The van der Waals surface area contributed by atoms with Crippen molar-refractivity contribution in [3.8, 4) is 0 Å². The SMILES string of the molecule is NC(=S)c1cc(F)ccc1NC(=O)C1C2CCCCC21. The number of fused-ring (bicyclic) bond motifs is 1. The van der Waals surface area contributed by atoms with Crippen molar-refractivity contribution in [3.05, 3.63) is 29.6 Å². The first-order valence-corrected chi connectivity index (χ1v) is 7.39. The van der Waals surface area contributed by atoms with E-state index in [2.05, 4.69) is 5.32 Å². The molecule has 0 aromatic heterocycles. The van der Waals surface area contributed by atoms with Gasteiger partial charge in [0, 0.05) is 11.5 Å². The minimum atomic E-state index is -0.411. The molecular formula is C15H17FN2OS. The summed E-state index contributed by atoms with van der Waals surface area (Å²) in [7, 11) is 0. The highest BCUT2D eigenvalue weighted by molar-refractivity contribution is 7.80. The van der Waals surface area contributed by atoms with Gasteiger partial charge in [-0.15, -0.1) is 0 Å². The van der Waals surface area contributed by atoms with Gasteiger partial charge in [0.25, 0.3) is 0 Å². The van der Waals surface area contributed by atoms with Gasteiger partial charge < -0.3 is 11.1 Å². The first-order valence-electron chi connectivity index (χ1n) is 6.98. The van der Waals surface area contributed by atoms with Gasteiger partial charge in [-0.25, -0.2) is 4.39 Å². The first-order chi connectivity index (χ1) is 9.58. The van der Waals surface area contributed by atoms with Crippen molar-refractivity contribution in [2.45, 2.75) is 25.7 Å². The molecule has 0 aliphatic heterocycles. The standard InChI is InChI=1S/C15H17FN2OS/c16-8-5-6-12(11(7-8)14(17)20)18-15(19)13-9-3-1-2-4-10(9)13/h5-7,9-10,13H,1-4H2,(H2,17,20)(H,18,19). The molecule has 2 unspecified atom stereocenters. The summed E-state index contributed by atoms with van der Waals surface area (Å²) in [4.78, 5) is 12.4. The Bertz CT molecular complexity index is 563. The van der Waals surface area contributed by atoms with Crippen LogP contribution in [0.25, 0.3) is 0 Å². The quantitative estimate of drug-likeness (QED) is 0.842. The van der Waals surface area contributed by atoms with Crippen molar-refractivity contribution in [1.29, 1.82) is 0 Å². The Morgan fingerprint density at radius 3 is 2.55 bits per heavy atom. The fraction of sp³-hybridized carbons (Fsp3) is 0.467. The van der Waals surface area contributed by atoms with E-state index in [0.717, 1.165) is 12.8 Å². The number of hydrogen-bond acceptors (Lipinski definition) is 2. The van der Waals surface area contributed by atoms with E-state index in [9.17, 15) is 9.18 Å². The normalized spacial score (nSPS) is 27.6. The van der Waals surface area contributed by atoms with Crippen molar-refractivity contribution in [2.24, 2.45) is 23.5 Å². The molecule has 1 aromatic rings. The zero-order chi connectivity index (χ0) is 14.3. The van der Waals surface area contributed by atoms with Crippen LogP contribution in [0.5, 0.6) is 0 Å². The highest BCUT2D eigenvalue weighted by Crippen LogP contribution is 2.55. The molecule has 2 aliphatic carbocycles. The summed E-state index contributed by atoms with van der Waals surface area (Å²) >= 11 is 4.91. The van der Waals surface area contributed by atoms with E-state index in [4.69, 9.17) is 18.0 Å². The Hall–Kier alpha value is -1.49. The van der Waals surface area contributed by atoms with Crippen molar-refractivity contribution >= 4 is 28.8 Å². The van der Waals surface area contributed by atoms with Crippen LogP contribution in [0.4, 0.5) is 10.1 Å². The molecule has 1 aromatic carbocycles. The number of nitrogens with two attached hydrogens (primary N) is 1. The number of carbonyl (C=O) groups is 1. The number of halogens is 1. The third kappa shape index (κ3) is 2.42. The molecule has 0 radical (unpaired) electrons. The molecule has 2 saturated carbocycles. The molecule has 3 rings (SSSR count). The van der Waals surface area contributed by atoms with Gasteiger partial charge in [-0.1, -0.05) is 25.1 Å². The zero-order valence-electron chi connectivity index (χ0n) is 11.1. The van der Waals surface area contributed by atoms with E-state index in [0.29, 0.717) is 23.1 Å². The largest absolute Gasteiger partial charge is 0.389 e. The van der Waals surface area contributed by atoms with Gasteiger partial charge >= 0.3 is 0 Å². The number of thiocarbonyl (C=S) groups is 1. The summed E-state index contributed by atoms with van der Waals surface area (Å²) < 4.78 is 13.2. The second kappa shape index (κ2) is 5.13. The van der Waals surface area contributed by atoms with Gasteiger partial charge in [-0.3, -0.25) is 4.79 Å². The lowest BCUT2D eigenvalue weighted by atomic mass is 10.0. The summed E-state index contributed by atoms with van der Waals surface area (Å²) in [5, 5.41) is 2.86. The summed E-state index contributed by atoms with van der Waals surface area (Å²) in [6.45, 7) is 0. The average molecular weight is 292 g/mol. The Labute approximate surface area is 122 Å². The maximum Gasteiger partial charge on any atom is 0.228 e. The molecular weight excluding hydrogens is 275 g/mol.